The van der Waals surface area contributed by atoms with Gasteiger partial charge in [-0.15, -0.1) is 0 Å². The lowest BCUT2D eigenvalue weighted by Gasteiger charge is -2.21. The Kier molecular flexibility index (Phi) is 2.86. The molecule has 0 amide bonds. The zero-order valence-corrected chi connectivity index (χ0v) is 11.7. The maximum Gasteiger partial charge on any atom is 0.0722 e. The molecule has 0 saturated carbocycles. The minimum Gasteiger partial charge on any atom is -0.376 e. The Bertz CT molecular complexity index is 792. The van der Waals surface area contributed by atoms with Gasteiger partial charge in [0.2, 0.25) is 0 Å². The minimum atomic E-state index is 0.106. The van der Waals surface area contributed by atoms with Gasteiger partial charge in [0.25, 0.3) is 0 Å². The van der Waals surface area contributed by atoms with Crippen LogP contribution in [0.2, 0.25) is 0 Å². The van der Waals surface area contributed by atoms with Gasteiger partial charge in [0.05, 0.1) is 11.6 Å². The lowest BCUT2D eigenvalue weighted by Crippen LogP contribution is -2.30. The van der Waals surface area contributed by atoms with Crippen molar-refractivity contribution in [2.45, 2.75) is 18.5 Å². The predicted molar refractivity (Wildman–Crippen MR) is 86.2 cm³/mol. The maximum absolute atomic E-state index is 6.34. The van der Waals surface area contributed by atoms with Gasteiger partial charge in [0.15, 0.2) is 0 Å². The van der Waals surface area contributed by atoms with Gasteiger partial charge in [0, 0.05) is 23.3 Å². The first kappa shape index (κ1) is 12.4. The fourth-order valence-electron chi connectivity index (χ4n) is 3.20. The van der Waals surface area contributed by atoms with Crippen LogP contribution < -0.4 is 11.1 Å². The van der Waals surface area contributed by atoms with E-state index < -0.39 is 0 Å². The number of fused-ring (bicyclic) bond motifs is 2. The van der Waals surface area contributed by atoms with Crippen molar-refractivity contribution >= 4 is 16.6 Å². The third-order valence-electron chi connectivity index (χ3n) is 4.23. The van der Waals surface area contributed by atoms with Gasteiger partial charge in [-0.3, -0.25) is 4.98 Å². The number of nitrogens with one attached hydrogen (secondary N) is 1. The predicted octanol–water partition coefficient (Wildman–Crippen LogP) is 3.27. The second-order valence-corrected chi connectivity index (χ2v) is 5.56. The van der Waals surface area contributed by atoms with Crippen LogP contribution in [-0.4, -0.2) is 11.0 Å². The lowest BCUT2D eigenvalue weighted by molar-refractivity contribution is 0.626. The first-order valence-corrected chi connectivity index (χ1v) is 7.26. The highest BCUT2D eigenvalue weighted by atomic mass is 15.0. The van der Waals surface area contributed by atoms with Crippen molar-refractivity contribution in [1.82, 2.24) is 4.98 Å². The molecular formula is C18H17N3. The fourth-order valence-corrected chi connectivity index (χ4v) is 3.20. The van der Waals surface area contributed by atoms with Crippen LogP contribution in [0.15, 0.2) is 60.8 Å². The summed E-state index contributed by atoms with van der Waals surface area (Å²) in [6.07, 6.45) is 2.77. The van der Waals surface area contributed by atoms with E-state index in [1.165, 1.54) is 11.1 Å². The highest BCUT2D eigenvalue weighted by Gasteiger charge is 2.29. The highest BCUT2D eigenvalue weighted by molar-refractivity contribution is 5.91. The summed E-state index contributed by atoms with van der Waals surface area (Å²) in [4.78, 5) is 4.41. The summed E-state index contributed by atoms with van der Waals surface area (Å²) in [5.41, 5.74) is 11.1. The summed E-state index contributed by atoms with van der Waals surface area (Å²) < 4.78 is 0. The molecule has 2 aromatic carbocycles. The molecule has 21 heavy (non-hydrogen) atoms. The van der Waals surface area contributed by atoms with Gasteiger partial charge in [-0.25, -0.2) is 0 Å². The Morgan fingerprint density at radius 1 is 1.00 bits per heavy atom. The Labute approximate surface area is 123 Å². The van der Waals surface area contributed by atoms with Gasteiger partial charge in [-0.1, -0.05) is 42.5 Å². The van der Waals surface area contributed by atoms with E-state index >= 15 is 0 Å². The number of hydrogen-bond acceptors (Lipinski definition) is 3. The molecule has 1 aliphatic carbocycles. The molecule has 3 heteroatoms. The number of nitrogens with two attached hydrogens (primary N) is 1. The number of nitrogens with zero attached hydrogens (tertiary/aromatic N) is 1. The Balaban J connectivity index is 1.75. The average molecular weight is 275 g/mol. The largest absolute Gasteiger partial charge is 0.376 e. The summed E-state index contributed by atoms with van der Waals surface area (Å²) in [5, 5.41) is 4.76. The first-order valence-electron chi connectivity index (χ1n) is 7.26. The molecular weight excluding hydrogens is 258 g/mol. The van der Waals surface area contributed by atoms with Crippen molar-refractivity contribution in [3.05, 3.63) is 71.9 Å². The maximum atomic E-state index is 6.34. The number of aromatic nitrogens is 1. The molecule has 1 aliphatic rings. The molecule has 1 aromatic heterocycles. The van der Waals surface area contributed by atoms with Crippen LogP contribution in [0.5, 0.6) is 0 Å². The topological polar surface area (TPSA) is 50.9 Å². The van der Waals surface area contributed by atoms with Gasteiger partial charge in [-0.05, 0) is 29.7 Å². The monoisotopic (exact) mass is 275 g/mol. The molecule has 104 valence electrons. The van der Waals surface area contributed by atoms with E-state index in [1.54, 1.807) is 0 Å². The quantitative estimate of drug-likeness (QED) is 0.754. The third kappa shape index (κ3) is 2.06. The van der Waals surface area contributed by atoms with E-state index in [4.69, 9.17) is 5.73 Å². The van der Waals surface area contributed by atoms with Crippen LogP contribution in [-0.2, 0) is 6.42 Å². The molecule has 3 nitrogen and oxygen atoms in total. The second kappa shape index (κ2) is 4.86. The van der Waals surface area contributed by atoms with Crippen molar-refractivity contribution in [2.75, 3.05) is 5.32 Å². The SMILES string of the molecule is NC1Cc2ccccc2C1Nc1ccnc2ccccc12. The van der Waals surface area contributed by atoms with E-state index in [0.717, 1.165) is 23.0 Å². The summed E-state index contributed by atoms with van der Waals surface area (Å²) in [6, 6.07) is 19.0. The van der Waals surface area contributed by atoms with Gasteiger partial charge >= 0.3 is 0 Å². The summed E-state index contributed by atoms with van der Waals surface area (Å²) in [5.74, 6) is 0. The molecule has 3 aromatic rings. The van der Waals surface area contributed by atoms with Crippen LogP contribution in [0.4, 0.5) is 5.69 Å². The average Bonchev–Trinajstić information content (AvgIpc) is 2.84. The van der Waals surface area contributed by atoms with E-state index in [-0.39, 0.29) is 12.1 Å². The van der Waals surface area contributed by atoms with Crippen molar-refractivity contribution < 1.29 is 0 Å². The van der Waals surface area contributed by atoms with E-state index in [9.17, 15) is 0 Å². The van der Waals surface area contributed by atoms with Gasteiger partial charge < -0.3 is 11.1 Å². The summed E-state index contributed by atoms with van der Waals surface area (Å²) in [7, 11) is 0. The molecule has 0 radical (unpaired) electrons. The molecule has 0 fully saturated rings. The normalized spacial score (nSPS) is 20.4. The summed E-state index contributed by atoms with van der Waals surface area (Å²) >= 11 is 0. The molecule has 4 rings (SSSR count). The molecule has 0 bridgehead atoms. The van der Waals surface area contributed by atoms with Crippen LogP contribution in [0.1, 0.15) is 17.2 Å². The molecule has 1 heterocycles. The lowest BCUT2D eigenvalue weighted by atomic mass is 10.1. The van der Waals surface area contributed by atoms with Crippen LogP contribution in [0, 0.1) is 0 Å². The van der Waals surface area contributed by atoms with Crippen LogP contribution >= 0.6 is 0 Å². The first-order chi connectivity index (χ1) is 10.3. The van der Waals surface area contributed by atoms with Crippen LogP contribution in [0.3, 0.4) is 0 Å². The zero-order valence-electron chi connectivity index (χ0n) is 11.7. The number of benzene rings is 2. The van der Waals surface area contributed by atoms with E-state index in [1.807, 2.05) is 30.5 Å². The van der Waals surface area contributed by atoms with Gasteiger partial charge in [-0.2, -0.15) is 0 Å². The van der Waals surface area contributed by atoms with Crippen molar-refractivity contribution in [3.63, 3.8) is 0 Å². The highest BCUT2D eigenvalue weighted by Crippen LogP contribution is 2.34. The number of anilines is 1. The number of para-hydroxylation sites is 1. The van der Waals surface area contributed by atoms with Crippen molar-refractivity contribution in [1.29, 1.82) is 0 Å². The van der Waals surface area contributed by atoms with E-state index in [2.05, 4.69) is 40.6 Å². The smallest absolute Gasteiger partial charge is 0.0722 e. The molecule has 2 atom stereocenters. The fraction of sp³-hybridized carbons (Fsp3) is 0.167. The van der Waals surface area contributed by atoms with Crippen molar-refractivity contribution in [3.8, 4) is 0 Å². The van der Waals surface area contributed by atoms with Gasteiger partial charge in [0.1, 0.15) is 0 Å². The Morgan fingerprint density at radius 3 is 2.76 bits per heavy atom. The third-order valence-corrected chi connectivity index (χ3v) is 4.23. The standard InChI is InChI=1S/C18H17N3/c19-15-11-12-5-1-2-6-13(12)18(15)21-17-9-10-20-16-8-4-3-7-14(16)17/h1-10,15,18H,11,19H2,(H,20,21). The number of hydrogen-bond donors (Lipinski definition) is 2. The van der Waals surface area contributed by atoms with Crippen LogP contribution in [0.25, 0.3) is 10.9 Å². The molecule has 3 N–H and O–H groups in total. The summed E-state index contributed by atoms with van der Waals surface area (Å²) in [6.45, 7) is 0. The number of pyridine rings is 1. The molecule has 2 unspecified atom stereocenters. The minimum absolute atomic E-state index is 0.106. The second-order valence-electron chi connectivity index (χ2n) is 5.56. The molecule has 0 spiro atoms. The Hall–Kier alpha value is -2.39. The Morgan fingerprint density at radius 2 is 1.81 bits per heavy atom. The van der Waals surface area contributed by atoms with E-state index in [0.29, 0.717) is 0 Å². The zero-order chi connectivity index (χ0) is 14.2. The number of rotatable bonds is 2. The molecule has 0 aliphatic heterocycles. The molecule has 0 saturated heterocycles. The van der Waals surface area contributed by atoms with Crippen molar-refractivity contribution in [2.24, 2.45) is 5.73 Å².